The highest BCUT2D eigenvalue weighted by molar-refractivity contribution is 7.80. The molecule has 0 bridgehead atoms. The first-order valence-corrected chi connectivity index (χ1v) is 3.49. The number of hydrogen-bond donors (Lipinski definition) is 3. The van der Waals surface area contributed by atoms with Crippen LogP contribution in [0.2, 0.25) is 0 Å². The quantitative estimate of drug-likeness (QED) is 0.380. The van der Waals surface area contributed by atoms with Gasteiger partial charge in [-0.15, -0.1) is 0 Å². The fourth-order valence-electron chi connectivity index (χ4n) is 0.364. The summed E-state index contributed by atoms with van der Waals surface area (Å²) >= 11 is 4.73. The first-order chi connectivity index (χ1) is 5.20. The highest BCUT2D eigenvalue weighted by Gasteiger charge is 1.96. The van der Waals surface area contributed by atoms with Crippen molar-refractivity contribution in [1.29, 1.82) is 0 Å². The molecule has 11 heavy (non-hydrogen) atoms. The van der Waals surface area contributed by atoms with Gasteiger partial charge in [-0.1, -0.05) is 0 Å². The van der Waals surface area contributed by atoms with Crippen molar-refractivity contribution in [2.75, 3.05) is 13.7 Å². The van der Waals surface area contributed by atoms with Crippen LogP contribution in [0, 0.1) is 0 Å². The zero-order valence-corrected chi connectivity index (χ0v) is 7.25. The monoisotopic (exact) mass is 177 g/mol. The molecule has 0 aromatic carbocycles. The summed E-state index contributed by atoms with van der Waals surface area (Å²) in [5.41, 5.74) is 4.63. The summed E-state index contributed by atoms with van der Waals surface area (Å²) in [5, 5.41) is 3.13. The summed E-state index contributed by atoms with van der Waals surface area (Å²) in [6.45, 7) is 2.60. The Morgan fingerprint density at radius 3 is 2.64 bits per heavy atom. The molecule has 0 aliphatic rings. The number of hydrogen-bond acceptors (Lipinski definition) is 3. The topological polar surface area (TPSA) is 62.4 Å². The molecule has 0 saturated carbocycles. The minimum Gasteiger partial charge on any atom is -0.452 e. The van der Waals surface area contributed by atoms with E-state index in [1.807, 2.05) is 6.92 Å². The lowest BCUT2D eigenvalue weighted by atomic mass is 10.7. The highest BCUT2D eigenvalue weighted by atomic mass is 32.1. The van der Waals surface area contributed by atoms with Gasteiger partial charge in [0.25, 0.3) is 0 Å². The van der Waals surface area contributed by atoms with E-state index >= 15 is 0 Å². The standard InChI is InChI=1S/C5H11N3O2S/c1-3-6-4(11)7-8-5(9)10-2/h3H2,1-2H3,(H,8,9)(H2,6,7,11). The van der Waals surface area contributed by atoms with E-state index in [0.29, 0.717) is 11.7 Å². The zero-order valence-electron chi connectivity index (χ0n) is 6.43. The van der Waals surface area contributed by atoms with Crippen molar-refractivity contribution in [3.63, 3.8) is 0 Å². The summed E-state index contributed by atoms with van der Waals surface area (Å²) in [5.74, 6) is 0. The summed E-state index contributed by atoms with van der Waals surface area (Å²) in [4.78, 5) is 10.4. The van der Waals surface area contributed by atoms with Crippen LogP contribution in [0.3, 0.4) is 0 Å². The van der Waals surface area contributed by atoms with Gasteiger partial charge in [-0.3, -0.25) is 5.43 Å². The minimum absolute atomic E-state index is 0.359. The van der Waals surface area contributed by atoms with E-state index < -0.39 is 6.09 Å². The van der Waals surface area contributed by atoms with E-state index in [-0.39, 0.29) is 0 Å². The lowest BCUT2D eigenvalue weighted by Crippen LogP contribution is -2.46. The third kappa shape index (κ3) is 5.41. The molecule has 0 spiro atoms. The predicted molar refractivity (Wildman–Crippen MR) is 45.0 cm³/mol. The first kappa shape index (κ1) is 9.96. The maximum absolute atomic E-state index is 10.4. The number of methoxy groups -OCH3 is 1. The van der Waals surface area contributed by atoms with Crippen LogP contribution in [-0.4, -0.2) is 24.9 Å². The Labute approximate surface area is 70.5 Å². The van der Waals surface area contributed by atoms with Crippen molar-refractivity contribution in [3.05, 3.63) is 0 Å². The molecular formula is C5H11N3O2S. The smallest absolute Gasteiger partial charge is 0.425 e. The number of amides is 1. The molecule has 0 rings (SSSR count). The van der Waals surface area contributed by atoms with Gasteiger partial charge in [0, 0.05) is 6.54 Å². The Hall–Kier alpha value is -1.04. The Morgan fingerprint density at radius 2 is 2.18 bits per heavy atom. The van der Waals surface area contributed by atoms with E-state index in [1.54, 1.807) is 0 Å². The van der Waals surface area contributed by atoms with Crippen LogP contribution >= 0.6 is 12.2 Å². The first-order valence-electron chi connectivity index (χ1n) is 3.08. The second-order valence-corrected chi connectivity index (χ2v) is 2.01. The van der Waals surface area contributed by atoms with Gasteiger partial charge >= 0.3 is 6.09 Å². The minimum atomic E-state index is -0.578. The van der Waals surface area contributed by atoms with Gasteiger partial charge in [0.1, 0.15) is 0 Å². The van der Waals surface area contributed by atoms with Gasteiger partial charge in [-0.2, -0.15) is 0 Å². The van der Waals surface area contributed by atoms with Crippen molar-refractivity contribution in [3.8, 4) is 0 Å². The molecule has 6 heteroatoms. The average molecular weight is 177 g/mol. The summed E-state index contributed by atoms with van der Waals surface area (Å²) < 4.78 is 4.28. The molecular weight excluding hydrogens is 166 g/mol. The van der Waals surface area contributed by atoms with Gasteiger partial charge in [-0.25, -0.2) is 10.2 Å². The van der Waals surface area contributed by atoms with Crippen LogP contribution in [0.15, 0.2) is 0 Å². The van der Waals surface area contributed by atoms with Crippen LogP contribution in [0.25, 0.3) is 0 Å². The lowest BCUT2D eigenvalue weighted by molar-refractivity contribution is 0.168. The number of rotatable bonds is 1. The molecule has 0 aromatic heterocycles. The third-order valence-electron chi connectivity index (χ3n) is 0.801. The molecule has 3 N–H and O–H groups in total. The van der Waals surface area contributed by atoms with Crippen LogP contribution in [0.5, 0.6) is 0 Å². The molecule has 1 amide bonds. The van der Waals surface area contributed by atoms with E-state index in [2.05, 4.69) is 20.9 Å². The Bertz CT molecular complexity index is 151. The molecule has 0 saturated heterocycles. The van der Waals surface area contributed by atoms with Crippen LogP contribution in [0.1, 0.15) is 6.92 Å². The SMILES string of the molecule is CCNC(=S)NNC(=O)OC. The molecule has 0 fully saturated rings. The predicted octanol–water partition coefficient (Wildman–Crippen LogP) is -0.259. The number of carbonyl (C=O) groups is 1. The largest absolute Gasteiger partial charge is 0.452 e. The molecule has 0 aliphatic carbocycles. The number of hydrazine groups is 1. The maximum atomic E-state index is 10.4. The van der Waals surface area contributed by atoms with Gasteiger partial charge < -0.3 is 10.1 Å². The second-order valence-electron chi connectivity index (χ2n) is 1.60. The Kier molecular flexibility index (Phi) is 5.18. The molecule has 0 aromatic rings. The Morgan fingerprint density at radius 1 is 1.55 bits per heavy atom. The molecule has 0 radical (unpaired) electrons. The van der Waals surface area contributed by atoms with Crippen LogP contribution in [0.4, 0.5) is 4.79 Å². The molecule has 0 aliphatic heterocycles. The third-order valence-corrected chi connectivity index (χ3v) is 1.05. The van der Waals surface area contributed by atoms with E-state index in [4.69, 9.17) is 12.2 Å². The second kappa shape index (κ2) is 5.72. The Balaban J connectivity index is 3.38. The lowest BCUT2D eigenvalue weighted by Gasteiger charge is -2.08. The van der Waals surface area contributed by atoms with Gasteiger partial charge in [0.15, 0.2) is 5.11 Å². The summed E-state index contributed by atoms with van der Waals surface area (Å²) in [6, 6.07) is 0. The normalized spacial score (nSPS) is 8.18. The van der Waals surface area contributed by atoms with E-state index in [9.17, 15) is 4.79 Å². The maximum Gasteiger partial charge on any atom is 0.425 e. The van der Waals surface area contributed by atoms with E-state index in [0.717, 1.165) is 0 Å². The number of nitrogens with one attached hydrogen (secondary N) is 3. The van der Waals surface area contributed by atoms with Crippen molar-refractivity contribution in [2.24, 2.45) is 0 Å². The fourth-order valence-corrected chi connectivity index (χ4v) is 0.559. The van der Waals surface area contributed by atoms with Crippen LogP contribution in [-0.2, 0) is 4.74 Å². The number of carbonyl (C=O) groups excluding carboxylic acids is 1. The number of thiocarbonyl (C=S) groups is 1. The van der Waals surface area contributed by atoms with E-state index in [1.165, 1.54) is 7.11 Å². The molecule has 0 unspecified atom stereocenters. The van der Waals surface area contributed by atoms with Gasteiger partial charge in [0.05, 0.1) is 7.11 Å². The molecule has 0 atom stereocenters. The van der Waals surface area contributed by atoms with Crippen molar-refractivity contribution in [1.82, 2.24) is 16.2 Å². The molecule has 5 nitrogen and oxygen atoms in total. The zero-order chi connectivity index (χ0) is 8.69. The summed E-state index contributed by atoms with van der Waals surface area (Å²) in [7, 11) is 1.27. The van der Waals surface area contributed by atoms with Crippen molar-refractivity contribution >= 4 is 23.4 Å². The molecule has 0 heterocycles. The average Bonchev–Trinajstić information content (AvgIpc) is 2.01. The van der Waals surface area contributed by atoms with Crippen molar-refractivity contribution in [2.45, 2.75) is 6.92 Å². The summed E-state index contributed by atoms with van der Waals surface area (Å²) in [6.07, 6.45) is -0.578. The van der Waals surface area contributed by atoms with Gasteiger partial charge in [-0.05, 0) is 19.1 Å². The molecule has 64 valence electrons. The number of ether oxygens (including phenoxy) is 1. The highest BCUT2D eigenvalue weighted by Crippen LogP contribution is 1.67. The van der Waals surface area contributed by atoms with Gasteiger partial charge in [0.2, 0.25) is 0 Å². The van der Waals surface area contributed by atoms with Crippen LogP contribution < -0.4 is 16.2 Å². The van der Waals surface area contributed by atoms with Crippen molar-refractivity contribution < 1.29 is 9.53 Å². The fraction of sp³-hybridized carbons (Fsp3) is 0.600.